The fourth-order valence-corrected chi connectivity index (χ4v) is 2.15. The monoisotopic (exact) mass is 296 g/mol. The van der Waals surface area contributed by atoms with E-state index in [1.165, 1.54) is 0 Å². The van der Waals surface area contributed by atoms with Gasteiger partial charge >= 0.3 is 0 Å². The van der Waals surface area contributed by atoms with Gasteiger partial charge in [0.15, 0.2) is 6.61 Å². The molecular weight excluding hydrogens is 284 g/mol. The van der Waals surface area contributed by atoms with Gasteiger partial charge in [0.1, 0.15) is 5.75 Å². The van der Waals surface area contributed by atoms with Gasteiger partial charge < -0.3 is 10.1 Å². The van der Waals surface area contributed by atoms with Gasteiger partial charge in [0, 0.05) is 29.1 Å². The molecule has 0 saturated carbocycles. The van der Waals surface area contributed by atoms with Gasteiger partial charge in [0.2, 0.25) is 0 Å². The van der Waals surface area contributed by atoms with Crippen LogP contribution in [0, 0.1) is 0 Å². The number of halogens is 1. The number of aromatic nitrogens is 1. The number of nitrogens with zero attached hydrogens (tertiary/aromatic N) is 1. The molecule has 2 rings (SSSR count). The third-order valence-corrected chi connectivity index (χ3v) is 3.45. The molecule has 0 aliphatic heterocycles. The molecule has 0 bridgehead atoms. The lowest BCUT2D eigenvalue weighted by Gasteiger charge is -2.06. The van der Waals surface area contributed by atoms with E-state index in [0.717, 1.165) is 11.3 Å². The number of ether oxygens (including phenoxy) is 1. The van der Waals surface area contributed by atoms with E-state index in [2.05, 4.69) is 10.3 Å². The minimum absolute atomic E-state index is 0.00429. The molecule has 0 atom stereocenters. The zero-order chi connectivity index (χ0) is 13.5. The molecule has 19 heavy (non-hydrogen) atoms. The number of carbonyl (C=O) groups excluding carboxylic acids is 1. The van der Waals surface area contributed by atoms with E-state index in [4.69, 9.17) is 16.3 Å². The lowest BCUT2D eigenvalue weighted by Crippen LogP contribution is -2.30. The Morgan fingerprint density at radius 3 is 2.84 bits per heavy atom. The van der Waals surface area contributed by atoms with Crippen molar-refractivity contribution in [3.05, 3.63) is 45.9 Å². The molecule has 1 aromatic heterocycles. The molecule has 1 aromatic carbocycles. The minimum atomic E-state index is -0.139. The molecule has 100 valence electrons. The quantitative estimate of drug-likeness (QED) is 0.891. The highest BCUT2D eigenvalue weighted by atomic mass is 35.5. The Morgan fingerprint density at radius 1 is 1.37 bits per heavy atom. The highest BCUT2D eigenvalue weighted by molar-refractivity contribution is 7.09. The van der Waals surface area contributed by atoms with E-state index >= 15 is 0 Å². The standard InChI is InChI=1S/C13H13ClN2O2S/c14-10-1-3-11(4-2-10)18-8-13(17)16-6-5-12-7-15-9-19-12/h1-4,7,9H,5-6,8H2,(H,16,17). The Kier molecular flexibility index (Phi) is 5.18. The average Bonchev–Trinajstić information content (AvgIpc) is 2.91. The maximum absolute atomic E-state index is 11.5. The molecule has 4 nitrogen and oxygen atoms in total. The second-order valence-corrected chi connectivity index (χ2v) is 5.22. The van der Waals surface area contributed by atoms with Crippen LogP contribution in [-0.2, 0) is 11.2 Å². The zero-order valence-electron chi connectivity index (χ0n) is 10.1. The molecule has 1 amide bonds. The number of nitrogens with one attached hydrogen (secondary N) is 1. The van der Waals surface area contributed by atoms with Crippen molar-refractivity contribution in [2.24, 2.45) is 0 Å². The molecule has 1 heterocycles. The SMILES string of the molecule is O=C(COc1ccc(Cl)cc1)NCCc1cncs1. The second-order valence-electron chi connectivity index (χ2n) is 3.81. The third kappa shape index (κ3) is 4.89. The van der Waals surface area contributed by atoms with Gasteiger partial charge in [-0.15, -0.1) is 11.3 Å². The van der Waals surface area contributed by atoms with Crippen LogP contribution in [0.1, 0.15) is 4.88 Å². The van der Waals surface area contributed by atoms with Crippen LogP contribution in [-0.4, -0.2) is 24.0 Å². The summed E-state index contributed by atoms with van der Waals surface area (Å²) in [5.74, 6) is 0.487. The molecule has 0 fully saturated rings. The van der Waals surface area contributed by atoms with Gasteiger partial charge in [-0.3, -0.25) is 9.78 Å². The van der Waals surface area contributed by atoms with Gasteiger partial charge in [-0.2, -0.15) is 0 Å². The Hall–Kier alpha value is -1.59. The summed E-state index contributed by atoms with van der Waals surface area (Å²) >= 11 is 7.33. The average molecular weight is 297 g/mol. The van der Waals surface area contributed by atoms with Crippen molar-refractivity contribution in [2.75, 3.05) is 13.2 Å². The van der Waals surface area contributed by atoms with Gasteiger partial charge in [0.05, 0.1) is 5.51 Å². The lowest BCUT2D eigenvalue weighted by molar-refractivity contribution is -0.123. The van der Waals surface area contributed by atoms with Gasteiger partial charge in [0.25, 0.3) is 5.91 Å². The molecule has 0 radical (unpaired) electrons. The van der Waals surface area contributed by atoms with Crippen LogP contribution < -0.4 is 10.1 Å². The van der Waals surface area contributed by atoms with Crippen LogP contribution in [0.2, 0.25) is 5.02 Å². The second kappa shape index (κ2) is 7.11. The summed E-state index contributed by atoms with van der Waals surface area (Å²) in [6, 6.07) is 6.90. The largest absolute Gasteiger partial charge is 0.484 e. The van der Waals surface area contributed by atoms with Crippen LogP contribution in [0.3, 0.4) is 0 Å². The number of carbonyl (C=O) groups is 1. The van der Waals surface area contributed by atoms with E-state index in [0.29, 0.717) is 17.3 Å². The summed E-state index contributed by atoms with van der Waals surface area (Å²) in [5, 5.41) is 3.43. The topological polar surface area (TPSA) is 51.2 Å². The fourth-order valence-electron chi connectivity index (χ4n) is 1.42. The first-order valence-corrected chi connectivity index (χ1v) is 7.02. The Labute approximate surface area is 120 Å². The van der Waals surface area contributed by atoms with Crippen molar-refractivity contribution in [1.82, 2.24) is 10.3 Å². The van der Waals surface area contributed by atoms with Crippen LogP contribution in [0.15, 0.2) is 36.0 Å². The molecule has 0 unspecified atom stereocenters. The molecule has 2 aromatic rings. The Bertz CT molecular complexity index is 514. The van der Waals surface area contributed by atoms with Crippen molar-refractivity contribution < 1.29 is 9.53 Å². The van der Waals surface area contributed by atoms with Crippen molar-refractivity contribution in [3.63, 3.8) is 0 Å². The van der Waals surface area contributed by atoms with Crippen LogP contribution in [0.25, 0.3) is 0 Å². The summed E-state index contributed by atoms with van der Waals surface area (Å²) in [5.41, 5.74) is 1.78. The molecule has 1 N–H and O–H groups in total. The maximum Gasteiger partial charge on any atom is 0.257 e. The van der Waals surface area contributed by atoms with E-state index in [1.54, 1.807) is 47.3 Å². The number of hydrogen-bond donors (Lipinski definition) is 1. The van der Waals surface area contributed by atoms with E-state index in [1.807, 2.05) is 0 Å². The van der Waals surface area contributed by atoms with Crippen molar-refractivity contribution in [3.8, 4) is 5.75 Å². The zero-order valence-corrected chi connectivity index (χ0v) is 11.7. The molecule has 0 aliphatic rings. The first-order valence-electron chi connectivity index (χ1n) is 5.76. The molecule has 0 aliphatic carbocycles. The van der Waals surface area contributed by atoms with E-state index < -0.39 is 0 Å². The predicted octanol–water partition coefficient (Wildman–Crippen LogP) is 2.53. The van der Waals surface area contributed by atoms with Crippen molar-refractivity contribution in [1.29, 1.82) is 0 Å². The summed E-state index contributed by atoms with van der Waals surface area (Å²) < 4.78 is 5.33. The molecule has 0 spiro atoms. The van der Waals surface area contributed by atoms with Gasteiger partial charge in [-0.05, 0) is 24.3 Å². The summed E-state index contributed by atoms with van der Waals surface area (Å²) in [7, 11) is 0. The molecule has 6 heteroatoms. The van der Waals surface area contributed by atoms with Crippen molar-refractivity contribution >= 4 is 28.8 Å². The highest BCUT2D eigenvalue weighted by Gasteiger charge is 2.03. The van der Waals surface area contributed by atoms with E-state index in [-0.39, 0.29) is 12.5 Å². The summed E-state index contributed by atoms with van der Waals surface area (Å²) in [6.07, 6.45) is 2.60. The fraction of sp³-hybridized carbons (Fsp3) is 0.231. The maximum atomic E-state index is 11.5. The normalized spacial score (nSPS) is 10.2. The number of rotatable bonds is 6. The first-order chi connectivity index (χ1) is 9.24. The third-order valence-electron chi connectivity index (χ3n) is 2.36. The smallest absolute Gasteiger partial charge is 0.257 e. The number of hydrogen-bond acceptors (Lipinski definition) is 4. The van der Waals surface area contributed by atoms with Gasteiger partial charge in [-0.25, -0.2) is 0 Å². The van der Waals surface area contributed by atoms with Crippen LogP contribution in [0.5, 0.6) is 5.75 Å². The first kappa shape index (κ1) is 13.8. The van der Waals surface area contributed by atoms with Crippen molar-refractivity contribution in [2.45, 2.75) is 6.42 Å². The van der Waals surface area contributed by atoms with E-state index in [9.17, 15) is 4.79 Å². The number of thiazole rings is 1. The molecular formula is C13H13ClN2O2S. The van der Waals surface area contributed by atoms with Gasteiger partial charge in [-0.1, -0.05) is 11.6 Å². The Balaban J connectivity index is 1.65. The number of amides is 1. The molecule has 0 saturated heterocycles. The minimum Gasteiger partial charge on any atom is -0.484 e. The Morgan fingerprint density at radius 2 is 2.16 bits per heavy atom. The summed E-state index contributed by atoms with van der Waals surface area (Å²) in [6.45, 7) is 0.593. The lowest BCUT2D eigenvalue weighted by atomic mass is 10.3. The predicted molar refractivity (Wildman–Crippen MR) is 75.8 cm³/mol. The summed E-state index contributed by atoms with van der Waals surface area (Å²) in [4.78, 5) is 16.7. The van der Waals surface area contributed by atoms with Crippen LogP contribution >= 0.6 is 22.9 Å². The number of benzene rings is 1. The highest BCUT2D eigenvalue weighted by Crippen LogP contribution is 2.15. The van der Waals surface area contributed by atoms with Crippen LogP contribution in [0.4, 0.5) is 0 Å².